The van der Waals surface area contributed by atoms with Gasteiger partial charge in [0.15, 0.2) is 0 Å². The number of alkyl halides is 5. The number of sulfonamides is 1. The molecule has 1 unspecified atom stereocenters. The average Bonchev–Trinajstić information content (AvgIpc) is 3.12. The molecule has 0 aromatic heterocycles. The zero-order valence-corrected chi connectivity index (χ0v) is 17.7. The Labute approximate surface area is 180 Å². The second kappa shape index (κ2) is 8.84. The van der Waals surface area contributed by atoms with Gasteiger partial charge in [0.05, 0.1) is 17.1 Å². The third-order valence-electron chi connectivity index (χ3n) is 4.65. The lowest BCUT2D eigenvalue weighted by Gasteiger charge is -2.26. The molecule has 0 fully saturated rings. The highest BCUT2D eigenvalue weighted by Gasteiger charge is 2.60. The van der Waals surface area contributed by atoms with Gasteiger partial charge < -0.3 is 10.6 Å². The number of hydrogen-bond donors (Lipinski definition) is 4. The van der Waals surface area contributed by atoms with Crippen molar-refractivity contribution < 1.29 is 35.2 Å². The quantitative estimate of drug-likeness (QED) is 0.271. The number of rotatable bonds is 7. The van der Waals surface area contributed by atoms with Crippen LogP contribution < -0.4 is 14.9 Å². The fourth-order valence-electron chi connectivity index (χ4n) is 2.95. The van der Waals surface area contributed by atoms with Gasteiger partial charge in [-0.1, -0.05) is 18.2 Å². The summed E-state index contributed by atoms with van der Waals surface area (Å²) in [5, 5.41) is 19.0. The van der Waals surface area contributed by atoms with E-state index in [1.54, 1.807) is 18.2 Å². The van der Waals surface area contributed by atoms with Crippen LogP contribution in [0.1, 0.15) is 12.5 Å². The van der Waals surface area contributed by atoms with Gasteiger partial charge in [0.2, 0.25) is 15.9 Å². The van der Waals surface area contributed by atoms with Crippen molar-refractivity contribution in [1.29, 1.82) is 10.8 Å². The van der Waals surface area contributed by atoms with Crippen LogP contribution in [0, 0.1) is 10.8 Å². The van der Waals surface area contributed by atoms with Crippen molar-refractivity contribution in [3.05, 3.63) is 41.6 Å². The molecule has 0 saturated carbocycles. The number of benzene rings is 1. The van der Waals surface area contributed by atoms with E-state index in [9.17, 15) is 35.2 Å². The van der Waals surface area contributed by atoms with E-state index in [1.165, 1.54) is 13.0 Å². The summed E-state index contributed by atoms with van der Waals surface area (Å²) < 4.78 is 90.6. The number of carbonyl (C=O) groups excluding carboxylic acids is 1. The summed E-state index contributed by atoms with van der Waals surface area (Å²) in [6, 6.07) is 4.87. The number of anilines is 1. The molecule has 1 amide bonds. The van der Waals surface area contributed by atoms with Crippen LogP contribution in [0.5, 0.6) is 0 Å². The minimum atomic E-state index is -6.06. The molecule has 4 N–H and O–H groups in total. The van der Waals surface area contributed by atoms with Crippen LogP contribution in [-0.4, -0.2) is 56.8 Å². The molecule has 0 aliphatic carbocycles. The van der Waals surface area contributed by atoms with E-state index in [0.29, 0.717) is 5.56 Å². The second-order valence-corrected chi connectivity index (χ2v) is 8.84. The van der Waals surface area contributed by atoms with E-state index in [1.807, 2.05) is 5.32 Å². The highest BCUT2D eigenvalue weighted by Crippen LogP contribution is 2.37. The number of nitrogens with zero attached hydrogens (tertiary/aromatic N) is 1. The van der Waals surface area contributed by atoms with Crippen molar-refractivity contribution in [2.75, 3.05) is 17.1 Å². The van der Waals surface area contributed by atoms with Gasteiger partial charge in [0.1, 0.15) is 17.6 Å². The molecule has 2 rings (SSSR count). The molecule has 1 atom stereocenters. The summed E-state index contributed by atoms with van der Waals surface area (Å²) >= 11 is 0. The maximum absolute atomic E-state index is 13.4. The number of para-hydroxylation sites is 1. The number of allylic oxidation sites excluding steroid dienone is 1. The van der Waals surface area contributed by atoms with Crippen molar-refractivity contribution in [2.45, 2.75) is 31.5 Å². The number of fused-ring (bicyclic) bond motifs is 1. The largest absolute Gasteiger partial charge is 0.459 e. The van der Waals surface area contributed by atoms with Crippen molar-refractivity contribution in [3.8, 4) is 0 Å². The molecule has 1 aliphatic heterocycles. The molecule has 1 heterocycles. The zero-order valence-electron chi connectivity index (χ0n) is 16.8. The Morgan fingerprint density at radius 3 is 2.34 bits per heavy atom. The average molecular weight is 481 g/mol. The molecule has 1 aromatic rings. The van der Waals surface area contributed by atoms with Gasteiger partial charge in [-0.25, -0.2) is 8.42 Å². The first-order chi connectivity index (χ1) is 14.7. The lowest BCUT2D eigenvalue weighted by molar-refractivity contribution is -0.249. The molecule has 0 radical (unpaired) electrons. The topological polar surface area (TPSA) is 126 Å². The normalized spacial score (nSPS) is 17.0. The SMILES string of the molecule is CCS(=O)(=O)N1c2ccccc2CC1C(=O)N/C(=C/C(=N)C(F)(F)C(F)(F)F)C(=N)NC. The Morgan fingerprint density at radius 1 is 1.22 bits per heavy atom. The summed E-state index contributed by atoms with van der Waals surface area (Å²) in [6.45, 7) is 1.35. The van der Waals surface area contributed by atoms with Crippen LogP contribution >= 0.6 is 0 Å². The third kappa shape index (κ3) is 4.74. The Bertz CT molecular complexity index is 1070. The molecule has 14 heteroatoms. The second-order valence-electron chi connectivity index (χ2n) is 6.70. The van der Waals surface area contributed by atoms with Crippen LogP contribution in [-0.2, 0) is 21.2 Å². The number of amidine groups is 1. The predicted molar refractivity (Wildman–Crippen MR) is 108 cm³/mol. The lowest BCUT2D eigenvalue weighted by Crippen LogP contribution is -2.50. The smallest absolute Gasteiger partial charge is 0.372 e. The lowest BCUT2D eigenvalue weighted by atomic mass is 10.1. The molecule has 32 heavy (non-hydrogen) atoms. The molecule has 8 nitrogen and oxygen atoms in total. The van der Waals surface area contributed by atoms with Gasteiger partial charge in [-0.2, -0.15) is 22.0 Å². The molecule has 0 saturated heterocycles. The van der Waals surface area contributed by atoms with Gasteiger partial charge >= 0.3 is 12.1 Å². The van der Waals surface area contributed by atoms with E-state index < -0.39 is 51.3 Å². The number of amides is 1. The molecular formula is C18H20F5N5O3S. The Balaban J connectivity index is 2.42. The Morgan fingerprint density at radius 2 is 1.81 bits per heavy atom. The maximum atomic E-state index is 13.4. The number of halogens is 5. The molecule has 1 aliphatic rings. The molecular weight excluding hydrogens is 461 g/mol. The van der Waals surface area contributed by atoms with Gasteiger partial charge in [-0.05, 0) is 24.6 Å². The summed E-state index contributed by atoms with van der Waals surface area (Å²) in [4.78, 5) is 12.9. The first-order valence-corrected chi connectivity index (χ1v) is 10.7. The van der Waals surface area contributed by atoms with Gasteiger partial charge in [-0.15, -0.1) is 0 Å². The Kier molecular flexibility index (Phi) is 6.97. The summed E-state index contributed by atoms with van der Waals surface area (Å²) in [6.07, 6.45) is -6.14. The number of likely N-dealkylation sites (N-methyl/N-ethyl adjacent to an activating group) is 1. The fourth-order valence-corrected chi connectivity index (χ4v) is 4.26. The molecule has 176 valence electrons. The number of carbonyl (C=O) groups is 1. The van der Waals surface area contributed by atoms with E-state index in [4.69, 9.17) is 10.8 Å². The third-order valence-corrected chi connectivity index (χ3v) is 6.43. The minimum Gasteiger partial charge on any atom is -0.372 e. The fraction of sp³-hybridized carbons (Fsp3) is 0.389. The zero-order chi connectivity index (χ0) is 24.5. The first kappa shape index (κ1) is 25.2. The van der Waals surface area contributed by atoms with E-state index in [0.717, 1.165) is 11.4 Å². The van der Waals surface area contributed by atoms with Crippen molar-refractivity contribution >= 4 is 33.2 Å². The van der Waals surface area contributed by atoms with Gasteiger partial charge in [0.25, 0.3) is 0 Å². The van der Waals surface area contributed by atoms with Crippen LogP contribution in [0.4, 0.5) is 27.6 Å². The summed E-state index contributed by atoms with van der Waals surface area (Å²) in [5.74, 6) is -7.71. The highest BCUT2D eigenvalue weighted by atomic mass is 32.2. The molecule has 1 aromatic carbocycles. The monoisotopic (exact) mass is 481 g/mol. The van der Waals surface area contributed by atoms with Crippen molar-refractivity contribution in [1.82, 2.24) is 10.6 Å². The van der Waals surface area contributed by atoms with Crippen LogP contribution in [0.15, 0.2) is 36.0 Å². The number of nitrogens with one attached hydrogen (secondary N) is 4. The first-order valence-electron chi connectivity index (χ1n) is 9.10. The predicted octanol–water partition coefficient (Wildman–Crippen LogP) is 2.18. The number of hydrogen-bond acceptors (Lipinski definition) is 5. The summed E-state index contributed by atoms with van der Waals surface area (Å²) in [5.41, 5.74) is -2.31. The Hall–Kier alpha value is -3.03. The van der Waals surface area contributed by atoms with Gasteiger partial charge in [-0.3, -0.25) is 19.9 Å². The van der Waals surface area contributed by atoms with Crippen LogP contribution in [0.25, 0.3) is 0 Å². The van der Waals surface area contributed by atoms with E-state index in [2.05, 4.69) is 5.32 Å². The maximum Gasteiger partial charge on any atom is 0.459 e. The van der Waals surface area contributed by atoms with Gasteiger partial charge in [0, 0.05) is 13.5 Å². The standard InChI is InChI=1S/C18H20F5N5O3S/c1-3-32(30,31)28-12-7-5-4-6-10(12)8-13(28)16(29)27-11(15(25)26-2)9-14(24)17(19,20)18(21,22)23/h4-7,9,13,24H,3,8H2,1-2H3,(H2,25,26)(H,27,29)/b11-9+,24-14?. The van der Waals surface area contributed by atoms with Crippen LogP contribution in [0.3, 0.4) is 0 Å². The van der Waals surface area contributed by atoms with Crippen LogP contribution in [0.2, 0.25) is 0 Å². The summed E-state index contributed by atoms with van der Waals surface area (Å²) in [7, 11) is -2.81. The molecule has 0 bridgehead atoms. The minimum absolute atomic E-state index is 0.00494. The van der Waals surface area contributed by atoms with Crippen molar-refractivity contribution in [2.24, 2.45) is 0 Å². The molecule has 0 spiro atoms. The van der Waals surface area contributed by atoms with Crippen molar-refractivity contribution in [3.63, 3.8) is 0 Å². The highest BCUT2D eigenvalue weighted by molar-refractivity contribution is 7.92. The van der Waals surface area contributed by atoms with E-state index >= 15 is 0 Å². The van der Waals surface area contributed by atoms with E-state index in [-0.39, 0.29) is 23.9 Å².